The lowest BCUT2D eigenvalue weighted by Gasteiger charge is -2.09. The van der Waals surface area contributed by atoms with Crippen molar-refractivity contribution in [2.24, 2.45) is 0 Å². The van der Waals surface area contributed by atoms with Gasteiger partial charge in [-0.2, -0.15) is 9.83 Å². The maximum atomic E-state index is 9.70. The van der Waals surface area contributed by atoms with E-state index in [1.54, 1.807) is 11.3 Å². The Morgan fingerprint density at radius 3 is 2.69 bits per heavy atom. The van der Waals surface area contributed by atoms with Crippen molar-refractivity contribution in [2.45, 2.75) is 6.92 Å². The van der Waals surface area contributed by atoms with Gasteiger partial charge in [0.2, 0.25) is 11.2 Å². The average molecular weight is 477 g/mol. The first-order valence-corrected chi connectivity index (χ1v) is 12.8. The summed E-state index contributed by atoms with van der Waals surface area (Å²) in [6.45, 7) is 2.15. The van der Waals surface area contributed by atoms with Gasteiger partial charge in [-0.3, -0.25) is 4.98 Å². The molecule has 8 rings (SSSR count). The summed E-state index contributed by atoms with van der Waals surface area (Å²) in [6.07, 6.45) is 6.32. The minimum atomic E-state index is 0.712. The number of nitriles is 1. The molecule has 1 aliphatic rings. The molecule has 0 saturated carbocycles. The van der Waals surface area contributed by atoms with Crippen molar-refractivity contribution >= 4 is 65.0 Å². The van der Waals surface area contributed by atoms with Crippen molar-refractivity contribution in [2.75, 3.05) is 0 Å². The van der Waals surface area contributed by atoms with Crippen molar-refractivity contribution < 1.29 is 4.57 Å². The third-order valence-corrected chi connectivity index (χ3v) is 8.55. The zero-order chi connectivity index (χ0) is 24.0. The van der Waals surface area contributed by atoms with Crippen LogP contribution in [-0.4, -0.2) is 4.98 Å². The molecule has 0 radical (unpaired) electrons. The molecule has 36 heavy (non-hydrogen) atoms. The molecule has 1 aliphatic heterocycles. The Morgan fingerprint density at radius 2 is 1.83 bits per heavy atom. The molecule has 0 saturated heterocycles. The number of hydrogen-bond acceptors (Lipinski definition) is 3. The number of aryl methyl sites for hydroxylation is 1. The smallest absolute Gasteiger partial charge is 0.227 e. The first-order chi connectivity index (χ1) is 17.7. The van der Waals surface area contributed by atoms with E-state index in [0.29, 0.717) is 5.56 Å². The molecule has 0 spiro atoms. The van der Waals surface area contributed by atoms with Crippen LogP contribution < -0.4 is 4.57 Å². The quantitative estimate of drug-likeness (QED) is 0.190. The monoisotopic (exact) mass is 476 g/mol. The van der Waals surface area contributed by atoms with Crippen LogP contribution >= 0.6 is 11.3 Å². The highest BCUT2D eigenvalue weighted by atomic mass is 32.1. The Morgan fingerprint density at radius 1 is 0.889 bits per heavy atom. The molecule has 0 bridgehead atoms. The van der Waals surface area contributed by atoms with E-state index in [4.69, 9.17) is 0 Å². The van der Waals surface area contributed by atoms with E-state index in [-0.39, 0.29) is 0 Å². The minimum Gasteiger partial charge on any atom is -0.256 e. The number of fused-ring (bicyclic) bond motifs is 1. The summed E-state index contributed by atoms with van der Waals surface area (Å²) >= 11 is 1.78. The van der Waals surface area contributed by atoms with Gasteiger partial charge in [0, 0.05) is 44.1 Å². The van der Waals surface area contributed by atoms with Crippen molar-refractivity contribution in [3.8, 4) is 17.3 Å². The molecule has 0 N–H and O–H groups in total. The fourth-order valence-electron chi connectivity index (χ4n) is 6.00. The van der Waals surface area contributed by atoms with Crippen molar-refractivity contribution in [3.63, 3.8) is 0 Å². The number of nitrogens with zero attached hydrogens (tertiary/aromatic N) is 3. The molecule has 0 unspecified atom stereocenters. The summed E-state index contributed by atoms with van der Waals surface area (Å²) in [6, 6.07) is 27.8. The van der Waals surface area contributed by atoms with E-state index in [9.17, 15) is 5.26 Å². The first-order valence-electron chi connectivity index (χ1n) is 11.9. The van der Waals surface area contributed by atoms with E-state index in [1.807, 2.05) is 24.4 Å². The van der Waals surface area contributed by atoms with Gasteiger partial charge in [-0.1, -0.05) is 24.3 Å². The van der Waals surface area contributed by atoms with Gasteiger partial charge in [-0.25, -0.2) is 0 Å². The molecule has 3 nitrogen and oxygen atoms in total. The maximum absolute atomic E-state index is 9.70. The summed E-state index contributed by atoms with van der Waals surface area (Å²) < 4.78 is 4.78. The van der Waals surface area contributed by atoms with E-state index >= 15 is 0 Å². The van der Waals surface area contributed by atoms with Gasteiger partial charge in [-0.05, 0) is 65.9 Å². The molecule has 7 aromatic rings. The molecule has 3 aromatic heterocycles. The zero-order valence-corrected chi connectivity index (χ0v) is 20.2. The van der Waals surface area contributed by atoms with Crippen molar-refractivity contribution in [1.82, 2.24) is 4.98 Å². The summed E-state index contributed by atoms with van der Waals surface area (Å²) in [5, 5.41) is 16.0. The van der Waals surface area contributed by atoms with Gasteiger partial charge in [0.1, 0.15) is 0 Å². The number of rotatable bonds is 2. The van der Waals surface area contributed by atoms with Gasteiger partial charge in [0.25, 0.3) is 0 Å². The van der Waals surface area contributed by atoms with Gasteiger partial charge < -0.3 is 0 Å². The van der Waals surface area contributed by atoms with Crippen LogP contribution in [0.5, 0.6) is 0 Å². The number of pyridine rings is 2. The summed E-state index contributed by atoms with van der Waals surface area (Å²) in [5.41, 5.74) is 8.85. The van der Waals surface area contributed by atoms with Crippen molar-refractivity contribution in [1.29, 1.82) is 5.26 Å². The molecular weight excluding hydrogens is 458 g/mol. The predicted molar refractivity (Wildman–Crippen MR) is 148 cm³/mol. The first kappa shape index (κ1) is 19.7. The summed E-state index contributed by atoms with van der Waals surface area (Å²) in [4.78, 5) is 4.67. The summed E-state index contributed by atoms with van der Waals surface area (Å²) in [5.74, 6) is 0. The molecule has 0 atom stereocenters. The topological polar surface area (TPSA) is 40.6 Å². The van der Waals surface area contributed by atoms with E-state index in [2.05, 4.69) is 89.4 Å². The minimum absolute atomic E-state index is 0.712. The lowest BCUT2D eigenvalue weighted by molar-refractivity contribution is -0.545. The Bertz CT molecular complexity index is 2110. The number of thiophene rings is 1. The fourth-order valence-corrected chi connectivity index (χ4v) is 7.18. The van der Waals surface area contributed by atoms with E-state index in [0.717, 1.165) is 22.2 Å². The van der Waals surface area contributed by atoms with Gasteiger partial charge >= 0.3 is 0 Å². The van der Waals surface area contributed by atoms with Crippen LogP contribution in [0.2, 0.25) is 0 Å². The zero-order valence-electron chi connectivity index (χ0n) is 19.4. The average Bonchev–Trinajstić information content (AvgIpc) is 3.44. The van der Waals surface area contributed by atoms with Crippen LogP contribution in [0.4, 0.5) is 0 Å². The standard InChI is InChI=1S/C32H18N3S/c1-18-6-4-7-20(28(18)24-9-2-3-12-34-24)16-25-22-10-11-26-31-29-23(14-19(17-33)15-27(29)36-26)21-8-5-13-35(25)32(21)30(22)31/h2-16H,1H3/q+1/b25-16-. The molecule has 0 amide bonds. The third-order valence-electron chi connectivity index (χ3n) is 7.44. The van der Waals surface area contributed by atoms with Crippen molar-refractivity contribution in [3.05, 3.63) is 107 Å². The van der Waals surface area contributed by atoms with Gasteiger partial charge in [-0.15, -0.1) is 11.3 Å². The molecule has 0 fully saturated rings. The molecular formula is C32H18N3S+. The number of hydrogen-bond donors (Lipinski definition) is 0. The summed E-state index contributed by atoms with van der Waals surface area (Å²) in [7, 11) is 0. The molecule has 4 heteroatoms. The Hall–Kier alpha value is -4.59. The maximum Gasteiger partial charge on any atom is 0.227 e. The van der Waals surface area contributed by atoms with Crippen LogP contribution in [0.1, 0.15) is 22.3 Å². The lowest BCUT2D eigenvalue weighted by Crippen LogP contribution is -2.29. The van der Waals surface area contributed by atoms with Gasteiger partial charge in [0.05, 0.1) is 33.7 Å². The van der Waals surface area contributed by atoms with Crippen LogP contribution in [-0.2, 0) is 0 Å². The largest absolute Gasteiger partial charge is 0.256 e. The Kier molecular flexibility index (Phi) is 3.81. The normalized spacial score (nSPS) is 13.7. The fraction of sp³-hybridized carbons (Fsp3) is 0.0312. The van der Waals surface area contributed by atoms with E-state index < -0.39 is 0 Å². The molecule has 4 aromatic carbocycles. The SMILES string of the molecule is Cc1cccc(/C=C2/c3ccc4sc5cc(C#N)cc6c7ccc[n+]2c7c3c4c56)c1-c1ccccn1. The van der Waals surface area contributed by atoms with Crippen LogP contribution in [0, 0.1) is 18.3 Å². The second-order valence-electron chi connectivity index (χ2n) is 9.40. The second-order valence-corrected chi connectivity index (χ2v) is 10.5. The van der Waals surface area contributed by atoms with Crippen LogP contribution in [0.25, 0.3) is 64.9 Å². The number of aromatic nitrogens is 2. The highest BCUT2D eigenvalue weighted by Gasteiger charge is 2.34. The molecule has 0 aliphatic carbocycles. The van der Waals surface area contributed by atoms with Gasteiger partial charge in [0.15, 0.2) is 6.20 Å². The molecule has 166 valence electrons. The highest BCUT2D eigenvalue weighted by molar-refractivity contribution is 7.26. The second kappa shape index (κ2) is 6.97. The predicted octanol–water partition coefficient (Wildman–Crippen LogP) is 7.69. The lowest BCUT2D eigenvalue weighted by atomic mass is 9.94. The molecule has 4 heterocycles. The highest BCUT2D eigenvalue weighted by Crippen LogP contribution is 2.49. The Labute approximate surface area is 211 Å². The Balaban J connectivity index is 1.51. The van der Waals surface area contributed by atoms with E-state index in [1.165, 1.54) is 53.3 Å². The van der Waals surface area contributed by atoms with Crippen LogP contribution in [0.3, 0.4) is 0 Å². The number of benzene rings is 4. The van der Waals surface area contributed by atoms with Crippen LogP contribution in [0.15, 0.2) is 85.2 Å². The third kappa shape index (κ3) is 2.45.